The van der Waals surface area contributed by atoms with Crippen molar-refractivity contribution >= 4 is 46.6 Å². The minimum atomic E-state index is -0.907. The molecule has 5 aromatic rings. The van der Waals surface area contributed by atoms with E-state index in [2.05, 4.69) is 0 Å². The molecule has 0 fully saturated rings. The van der Waals surface area contributed by atoms with E-state index in [1.54, 1.807) is 61.5 Å². The number of ether oxygens (including phenoxy) is 4. The van der Waals surface area contributed by atoms with Gasteiger partial charge in [0.05, 0.1) is 60.4 Å². The van der Waals surface area contributed by atoms with E-state index in [1.807, 2.05) is 30.3 Å². The van der Waals surface area contributed by atoms with E-state index in [-0.39, 0.29) is 28.3 Å². The highest BCUT2D eigenvalue weighted by atomic mass is 35.5. The molecule has 0 radical (unpaired) electrons. The molecule has 6 rings (SSSR count). The number of rotatable bonds is 9. The topological polar surface area (TPSA) is 119 Å². The second kappa shape index (κ2) is 13.8. The van der Waals surface area contributed by atoms with Crippen molar-refractivity contribution in [3.8, 4) is 22.8 Å². The molecular weight excluding hydrogens is 656 g/mol. The molecule has 244 valence electrons. The minimum absolute atomic E-state index is 0.128. The van der Waals surface area contributed by atoms with E-state index in [4.69, 9.17) is 40.0 Å². The second-order valence-corrected chi connectivity index (χ2v) is 11.9. The molecule has 1 atom stereocenters. The SMILES string of the molecule is CCOC(=O)C1=C(c2ccccc2)N=c2s/c(=C\c3ccc(-c4ccc(Cl)c(C(=O)OC)c4)o3)c(=O)n2[C@@H]1c1ccc(OC)c(OC)c1. The van der Waals surface area contributed by atoms with Crippen LogP contribution in [0.4, 0.5) is 0 Å². The molecule has 0 N–H and O–H groups in total. The Labute approximate surface area is 283 Å². The average molecular weight is 685 g/mol. The molecule has 1 aliphatic heterocycles. The van der Waals surface area contributed by atoms with Crippen molar-refractivity contribution in [1.82, 2.24) is 4.57 Å². The van der Waals surface area contributed by atoms with Crippen LogP contribution in [0.3, 0.4) is 0 Å². The first-order valence-electron chi connectivity index (χ1n) is 14.8. The number of thiazole rings is 1. The van der Waals surface area contributed by atoms with Gasteiger partial charge in [-0.25, -0.2) is 14.6 Å². The fourth-order valence-electron chi connectivity index (χ4n) is 5.44. The summed E-state index contributed by atoms with van der Waals surface area (Å²) in [7, 11) is 4.33. The number of halogens is 1. The Morgan fingerprint density at radius 3 is 2.42 bits per heavy atom. The Balaban J connectivity index is 1.54. The predicted molar refractivity (Wildman–Crippen MR) is 181 cm³/mol. The van der Waals surface area contributed by atoms with Crippen molar-refractivity contribution in [3.05, 3.63) is 132 Å². The maximum Gasteiger partial charge on any atom is 0.339 e. The van der Waals surface area contributed by atoms with Gasteiger partial charge in [-0.2, -0.15) is 0 Å². The Hall–Kier alpha value is -5.39. The van der Waals surface area contributed by atoms with Crippen LogP contribution in [-0.4, -0.2) is 44.4 Å². The number of carbonyl (C=O) groups excluding carboxylic acids is 2. The Bertz CT molecular complexity index is 2250. The lowest BCUT2D eigenvalue weighted by Crippen LogP contribution is -2.40. The maximum absolute atomic E-state index is 14.3. The molecule has 0 bridgehead atoms. The highest BCUT2D eigenvalue weighted by molar-refractivity contribution is 7.07. The van der Waals surface area contributed by atoms with E-state index < -0.39 is 18.0 Å². The lowest BCUT2D eigenvalue weighted by atomic mass is 9.93. The summed E-state index contributed by atoms with van der Waals surface area (Å²) in [4.78, 5) is 45.4. The zero-order chi connectivity index (χ0) is 33.9. The van der Waals surface area contributed by atoms with Gasteiger partial charge in [0.25, 0.3) is 5.56 Å². The van der Waals surface area contributed by atoms with E-state index in [1.165, 1.54) is 25.9 Å². The quantitative estimate of drug-likeness (QED) is 0.183. The highest BCUT2D eigenvalue weighted by Crippen LogP contribution is 2.38. The van der Waals surface area contributed by atoms with Crippen molar-refractivity contribution in [2.45, 2.75) is 13.0 Å². The third-order valence-corrected chi connectivity index (χ3v) is 8.97. The zero-order valence-electron chi connectivity index (χ0n) is 26.3. The van der Waals surface area contributed by atoms with Crippen LogP contribution in [0.15, 0.2) is 98.6 Å². The molecule has 0 aliphatic carbocycles. The van der Waals surface area contributed by atoms with Crippen LogP contribution in [0.25, 0.3) is 23.1 Å². The summed E-state index contributed by atoms with van der Waals surface area (Å²) in [5.41, 5.74) is 2.30. The standard InChI is InChI=1S/C36H29ClN2O8S/c1-5-46-35(42)30-31(20-9-7-6-8-10-20)38-36-39(32(30)22-12-15-27(43-2)28(18-22)44-3)33(40)29(48-36)19-23-13-16-26(47-23)21-11-14-25(37)24(17-21)34(41)45-4/h6-19,32H,5H2,1-4H3/b29-19-/t32-/m1/s1. The van der Waals surface area contributed by atoms with Crippen molar-refractivity contribution in [2.24, 2.45) is 4.99 Å². The molecule has 0 amide bonds. The molecule has 2 aromatic heterocycles. The van der Waals surface area contributed by atoms with Gasteiger partial charge >= 0.3 is 11.9 Å². The van der Waals surface area contributed by atoms with E-state index in [0.29, 0.717) is 54.7 Å². The Kier molecular flexibility index (Phi) is 9.33. The Morgan fingerprint density at radius 1 is 0.938 bits per heavy atom. The number of benzene rings is 3. The summed E-state index contributed by atoms with van der Waals surface area (Å²) in [5.74, 6) is 0.594. The first-order valence-corrected chi connectivity index (χ1v) is 16.0. The molecule has 48 heavy (non-hydrogen) atoms. The molecule has 3 aromatic carbocycles. The van der Waals surface area contributed by atoms with Crippen molar-refractivity contribution in [1.29, 1.82) is 0 Å². The summed E-state index contributed by atoms with van der Waals surface area (Å²) >= 11 is 7.36. The van der Waals surface area contributed by atoms with Crippen LogP contribution < -0.4 is 24.4 Å². The normalized spacial score (nSPS) is 14.3. The lowest BCUT2D eigenvalue weighted by molar-refractivity contribution is -0.138. The van der Waals surface area contributed by atoms with Gasteiger partial charge in [0.2, 0.25) is 0 Å². The van der Waals surface area contributed by atoms with Crippen LogP contribution in [0.5, 0.6) is 11.5 Å². The summed E-state index contributed by atoms with van der Waals surface area (Å²) in [5, 5.41) is 0.250. The van der Waals surface area contributed by atoms with Gasteiger partial charge in [0.1, 0.15) is 11.5 Å². The van der Waals surface area contributed by atoms with Gasteiger partial charge in [-0.1, -0.05) is 59.3 Å². The molecule has 10 nitrogen and oxygen atoms in total. The van der Waals surface area contributed by atoms with Crippen molar-refractivity contribution < 1.29 is 33.0 Å². The molecule has 0 saturated heterocycles. The number of nitrogens with zero attached hydrogens (tertiary/aromatic N) is 2. The van der Waals surface area contributed by atoms with Gasteiger partial charge < -0.3 is 23.4 Å². The minimum Gasteiger partial charge on any atom is -0.493 e. The van der Waals surface area contributed by atoms with Crippen LogP contribution in [0.1, 0.15) is 40.2 Å². The fourth-order valence-corrected chi connectivity index (χ4v) is 6.61. The monoisotopic (exact) mass is 684 g/mol. The highest BCUT2D eigenvalue weighted by Gasteiger charge is 2.35. The molecule has 12 heteroatoms. The van der Waals surface area contributed by atoms with Gasteiger partial charge in [-0.3, -0.25) is 9.36 Å². The first-order chi connectivity index (χ1) is 23.3. The number of methoxy groups -OCH3 is 3. The van der Waals surface area contributed by atoms with E-state index in [9.17, 15) is 14.4 Å². The number of aromatic nitrogens is 1. The van der Waals surface area contributed by atoms with Crippen molar-refractivity contribution in [2.75, 3.05) is 27.9 Å². The number of hydrogen-bond acceptors (Lipinski definition) is 10. The fraction of sp³-hybridized carbons (Fsp3) is 0.167. The maximum atomic E-state index is 14.3. The van der Waals surface area contributed by atoms with Gasteiger partial charge in [0.15, 0.2) is 16.3 Å². The summed E-state index contributed by atoms with van der Waals surface area (Å²) < 4.78 is 29.3. The Morgan fingerprint density at radius 2 is 1.71 bits per heavy atom. The number of carbonyl (C=O) groups is 2. The molecule has 0 spiro atoms. The average Bonchev–Trinajstić information content (AvgIpc) is 3.71. The number of furan rings is 1. The van der Waals surface area contributed by atoms with Crippen LogP contribution in [0, 0.1) is 0 Å². The summed E-state index contributed by atoms with van der Waals surface area (Å²) in [6, 6.07) is 21.9. The third kappa shape index (κ3) is 6.05. The van der Waals surface area contributed by atoms with Crippen LogP contribution in [-0.2, 0) is 14.3 Å². The van der Waals surface area contributed by atoms with Crippen LogP contribution in [0.2, 0.25) is 5.02 Å². The molecular formula is C36H29ClN2O8S. The molecule has 0 saturated carbocycles. The van der Waals surface area contributed by atoms with Gasteiger partial charge in [0, 0.05) is 17.2 Å². The number of hydrogen-bond donors (Lipinski definition) is 0. The predicted octanol–water partition coefficient (Wildman–Crippen LogP) is 5.65. The first kappa shape index (κ1) is 32.5. The zero-order valence-corrected chi connectivity index (χ0v) is 27.9. The third-order valence-electron chi connectivity index (χ3n) is 7.65. The lowest BCUT2D eigenvalue weighted by Gasteiger charge is -2.26. The van der Waals surface area contributed by atoms with Gasteiger partial charge in [-0.15, -0.1) is 0 Å². The molecule has 1 aliphatic rings. The van der Waals surface area contributed by atoms with E-state index >= 15 is 0 Å². The van der Waals surface area contributed by atoms with E-state index in [0.717, 1.165) is 11.3 Å². The summed E-state index contributed by atoms with van der Waals surface area (Å²) in [6.45, 7) is 1.85. The summed E-state index contributed by atoms with van der Waals surface area (Å²) in [6.07, 6.45) is 1.62. The van der Waals surface area contributed by atoms with Crippen molar-refractivity contribution in [3.63, 3.8) is 0 Å². The number of esters is 2. The van der Waals surface area contributed by atoms with Gasteiger partial charge in [-0.05, 0) is 55.0 Å². The second-order valence-electron chi connectivity index (χ2n) is 10.4. The molecule has 3 heterocycles. The molecule has 0 unspecified atom stereocenters. The largest absolute Gasteiger partial charge is 0.493 e. The number of fused-ring (bicyclic) bond motifs is 1. The van der Waals surface area contributed by atoms with Crippen LogP contribution >= 0.6 is 22.9 Å². The smallest absolute Gasteiger partial charge is 0.339 e.